The molecule has 4 aliphatic rings. The van der Waals surface area contributed by atoms with Crippen molar-refractivity contribution in [3.05, 3.63) is 11.6 Å². The molecule has 4 aliphatic carbocycles. The molecule has 0 radical (unpaired) electrons. The number of hydrogen-bond acceptors (Lipinski definition) is 5. The molecule has 4 rings (SSSR count). The van der Waals surface area contributed by atoms with Crippen molar-refractivity contribution in [2.75, 3.05) is 0 Å². The van der Waals surface area contributed by atoms with Crippen molar-refractivity contribution in [3.8, 4) is 0 Å². The average Bonchev–Trinajstić information content (AvgIpc) is 3.19. The molecule has 0 aromatic rings. The van der Waals surface area contributed by atoms with E-state index in [9.17, 15) is 14.4 Å². The quantitative estimate of drug-likeness (QED) is 0.146. The third-order valence-electron chi connectivity index (χ3n) is 10.8. The van der Waals surface area contributed by atoms with E-state index in [0.717, 1.165) is 89.9 Å². The minimum atomic E-state index is -0.279. The molecule has 0 bridgehead atoms. The molecule has 3 fully saturated rings. The van der Waals surface area contributed by atoms with E-state index in [1.807, 2.05) is 0 Å². The predicted molar refractivity (Wildman–Crippen MR) is 149 cm³/mol. The van der Waals surface area contributed by atoms with Crippen LogP contribution in [0.5, 0.6) is 0 Å². The summed E-state index contributed by atoms with van der Waals surface area (Å²) in [6.45, 7) is 8.91. The van der Waals surface area contributed by atoms with E-state index in [2.05, 4.69) is 33.8 Å². The summed E-state index contributed by atoms with van der Waals surface area (Å²) in [6.07, 6.45) is 17.5. The number of Topliss-reactive ketones (excluding diaryl/α,β-unsaturated/α-hetero) is 1. The van der Waals surface area contributed by atoms with Gasteiger partial charge < -0.3 is 9.47 Å². The molecule has 5 heteroatoms. The van der Waals surface area contributed by atoms with Crippen LogP contribution in [0.1, 0.15) is 137 Å². The first-order valence-corrected chi connectivity index (χ1v) is 15.9. The maximum Gasteiger partial charge on any atom is 0.306 e. The molecule has 0 heterocycles. The molecule has 0 aliphatic heterocycles. The predicted octanol–water partition coefficient (Wildman–Crippen LogP) is 7.89. The van der Waals surface area contributed by atoms with Crippen molar-refractivity contribution in [2.45, 2.75) is 149 Å². The normalized spacial score (nSPS) is 36.1. The third kappa shape index (κ3) is 6.07. The Morgan fingerprint density at radius 1 is 0.816 bits per heavy atom. The molecule has 0 saturated heterocycles. The number of fused-ring (bicyclic) bond motifs is 5. The molecular weight excluding hydrogens is 476 g/mol. The van der Waals surface area contributed by atoms with E-state index in [4.69, 9.17) is 9.47 Å². The molecule has 5 nitrogen and oxygen atoms in total. The summed E-state index contributed by atoms with van der Waals surface area (Å²) >= 11 is 0. The number of unbranched alkanes of at least 4 members (excludes halogenated alkanes) is 6. The van der Waals surface area contributed by atoms with Gasteiger partial charge in [-0.05, 0) is 68.3 Å². The molecule has 38 heavy (non-hydrogen) atoms. The van der Waals surface area contributed by atoms with Crippen LogP contribution in [0.25, 0.3) is 0 Å². The Hall–Kier alpha value is -1.65. The van der Waals surface area contributed by atoms with E-state index >= 15 is 0 Å². The maximum atomic E-state index is 13.0. The Morgan fingerprint density at radius 2 is 1.42 bits per heavy atom. The molecule has 0 spiro atoms. The monoisotopic (exact) mass is 528 g/mol. The lowest BCUT2D eigenvalue weighted by Crippen LogP contribution is -2.55. The Labute approximate surface area is 230 Å². The van der Waals surface area contributed by atoms with Gasteiger partial charge in [-0.1, -0.05) is 71.8 Å². The van der Waals surface area contributed by atoms with E-state index in [0.29, 0.717) is 31.0 Å². The van der Waals surface area contributed by atoms with Crippen LogP contribution in [0.4, 0.5) is 0 Å². The average molecular weight is 529 g/mol. The first kappa shape index (κ1) is 29.3. The van der Waals surface area contributed by atoms with Gasteiger partial charge in [-0.15, -0.1) is 0 Å². The number of ketones is 1. The Morgan fingerprint density at radius 3 is 2.08 bits per heavy atom. The van der Waals surface area contributed by atoms with Gasteiger partial charge in [0.15, 0.2) is 0 Å². The molecular formula is C33H52O5. The highest BCUT2D eigenvalue weighted by molar-refractivity contribution is 5.87. The summed E-state index contributed by atoms with van der Waals surface area (Å²) in [7, 11) is 0. The first-order valence-electron chi connectivity index (χ1n) is 15.9. The van der Waals surface area contributed by atoms with Crippen LogP contribution in [0.2, 0.25) is 0 Å². The number of rotatable bonds is 12. The lowest BCUT2D eigenvalue weighted by molar-refractivity contribution is -0.161. The Kier molecular flexibility index (Phi) is 9.79. The fourth-order valence-corrected chi connectivity index (χ4v) is 8.42. The van der Waals surface area contributed by atoms with Gasteiger partial charge in [0.1, 0.15) is 18.0 Å². The van der Waals surface area contributed by atoms with Gasteiger partial charge in [0.05, 0.1) is 0 Å². The van der Waals surface area contributed by atoms with Gasteiger partial charge in [0, 0.05) is 37.0 Å². The van der Waals surface area contributed by atoms with E-state index in [-0.39, 0.29) is 46.8 Å². The number of esters is 2. The van der Waals surface area contributed by atoms with Crippen LogP contribution in [0.15, 0.2) is 11.6 Å². The molecule has 0 aromatic carbocycles. The minimum Gasteiger partial charge on any atom is -0.462 e. The number of ether oxygens (including phenoxy) is 2. The minimum absolute atomic E-state index is 0.0195. The molecule has 214 valence electrons. The summed E-state index contributed by atoms with van der Waals surface area (Å²) in [6, 6.07) is 0. The van der Waals surface area contributed by atoms with Gasteiger partial charge in [-0.2, -0.15) is 0 Å². The number of carbonyl (C=O) groups is 3. The number of carbonyl (C=O) groups excluding carboxylic acids is 3. The summed E-state index contributed by atoms with van der Waals surface area (Å²) in [5, 5.41) is 0. The largest absolute Gasteiger partial charge is 0.462 e. The van der Waals surface area contributed by atoms with Gasteiger partial charge in [-0.3, -0.25) is 14.4 Å². The van der Waals surface area contributed by atoms with Gasteiger partial charge in [-0.25, -0.2) is 0 Å². The second-order valence-corrected chi connectivity index (χ2v) is 13.2. The van der Waals surface area contributed by atoms with Gasteiger partial charge >= 0.3 is 11.9 Å². The van der Waals surface area contributed by atoms with E-state index in [1.54, 1.807) is 0 Å². The lowest BCUT2D eigenvalue weighted by Gasteiger charge is -2.58. The van der Waals surface area contributed by atoms with Gasteiger partial charge in [0.25, 0.3) is 0 Å². The Balaban J connectivity index is 1.51. The highest BCUT2D eigenvalue weighted by Gasteiger charge is 2.61. The summed E-state index contributed by atoms with van der Waals surface area (Å²) in [5.74, 6) is 1.10. The van der Waals surface area contributed by atoms with E-state index < -0.39 is 0 Å². The molecule has 3 unspecified atom stereocenters. The molecule has 3 saturated carbocycles. The fraction of sp³-hybridized carbons (Fsp3) is 0.848. The zero-order valence-corrected chi connectivity index (χ0v) is 24.5. The molecule has 0 aromatic heterocycles. The van der Waals surface area contributed by atoms with Crippen molar-refractivity contribution < 1.29 is 23.9 Å². The van der Waals surface area contributed by atoms with Crippen molar-refractivity contribution in [2.24, 2.45) is 28.6 Å². The van der Waals surface area contributed by atoms with Crippen LogP contribution < -0.4 is 0 Å². The molecule has 0 N–H and O–H groups in total. The van der Waals surface area contributed by atoms with Crippen molar-refractivity contribution >= 4 is 17.7 Å². The van der Waals surface area contributed by atoms with Gasteiger partial charge in [0.2, 0.25) is 0 Å². The lowest BCUT2D eigenvalue weighted by atomic mass is 9.47. The fourth-order valence-electron chi connectivity index (χ4n) is 8.42. The number of hydrogen-bond donors (Lipinski definition) is 0. The van der Waals surface area contributed by atoms with Crippen molar-refractivity contribution in [3.63, 3.8) is 0 Å². The standard InChI is InChI=1S/C33H52O5/c1-5-7-9-11-13-29(35)37-24-17-19-32(3)23(21-24)22-27(38-30(36)14-12-10-8-6-2)31-25-15-16-28(34)33(25,4)20-18-26(31)32/h22,24-27,31H,5-21H2,1-4H3/t24-,25?,26?,27+,31?,32-,33-/m0/s1. The summed E-state index contributed by atoms with van der Waals surface area (Å²) in [4.78, 5) is 38.5. The summed E-state index contributed by atoms with van der Waals surface area (Å²) in [5.41, 5.74) is 1.05. The summed E-state index contributed by atoms with van der Waals surface area (Å²) < 4.78 is 12.2. The Bertz CT molecular complexity index is 892. The maximum absolute atomic E-state index is 13.0. The van der Waals surface area contributed by atoms with Crippen LogP contribution in [0, 0.1) is 28.6 Å². The van der Waals surface area contributed by atoms with Crippen LogP contribution >= 0.6 is 0 Å². The van der Waals surface area contributed by atoms with Crippen LogP contribution in [-0.2, 0) is 23.9 Å². The van der Waals surface area contributed by atoms with Crippen molar-refractivity contribution in [1.29, 1.82) is 0 Å². The third-order valence-corrected chi connectivity index (χ3v) is 10.8. The zero-order chi connectivity index (χ0) is 27.3. The molecule has 7 atom stereocenters. The zero-order valence-electron chi connectivity index (χ0n) is 24.5. The topological polar surface area (TPSA) is 69.7 Å². The molecule has 0 amide bonds. The highest BCUT2D eigenvalue weighted by Crippen LogP contribution is 2.64. The highest BCUT2D eigenvalue weighted by atomic mass is 16.5. The van der Waals surface area contributed by atoms with Crippen LogP contribution in [0.3, 0.4) is 0 Å². The second-order valence-electron chi connectivity index (χ2n) is 13.2. The first-order chi connectivity index (χ1) is 18.2. The SMILES string of the molecule is CCCCCCC(=O)O[C@H]1CC[C@@]2(C)C(=C[C@@H](OC(=O)CCCCCC)C3C2CC[C@]2(C)C(=O)CCC32)C1. The van der Waals surface area contributed by atoms with Crippen LogP contribution in [-0.4, -0.2) is 29.9 Å². The van der Waals surface area contributed by atoms with E-state index in [1.165, 1.54) is 5.57 Å². The van der Waals surface area contributed by atoms with Crippen molar-refractivity contribution in [1.82, 2.24) is 0 Å². The smallest absolute Gasteiger partial charge is 0.306 e. The second kappa shape index (κ2) is 12.7.